The Morgan fingerprint density at radius 1 is 1.33 bits per heavy atom. The van der Waals surface area contributed by atoms with E-state index in [4.69, 9.17) is 11.6 Å². The number of thioether (sulfide) groups is 1. The molecule has 0 radical (unpaired) electrons. The first-order valence-corrected chi connectivity index (χ1v) is 10.1. The Morgan fingerprint density at radius 2 is 2.11 bits per heavy atom. The lowest BCUT2D eigenvalue weighted by molar-refractivity contribution is -0.113. The first-order valence-electron chi connectivity index (χ1n) is 7.98. The number of hydrogen-bond donors (Lipinski definition) is 1. The maximum atomic E-state index is 12.7. The standard InChI is InChI=1S/C19H15BrClN3O2S/c1-2-9-24-18(26)13-8-7-12(21)10-16(13)23-19(24)27-11-17(25)22-15-6-4-3-5-14(15)20/h2-8,10H,1,9,11H2,(H,22,25). The minimum Gasteiger partial charge on any atom is -0.324 e. The molecule has 0 spiro atoms. The fraction of sp³-hybridized carbons (Fsp3) is 0.105. The van der Waals surface area contributed by atoms with E-state index in [1.54, 1.807) is 30.3 Å². The van der Waals surface area contributed by atoms with Gasteiger partial charge in [0, 0.05) is 16.0 Å². The number of para-hydroxylation sites is 1. The Balaban J connectivity index is 1.86. The molecule has 0 saturated carbocycles. The number of rotatable bonds is 6. The van der Waals surface area contributed by atoms with Crippen molar-refractivity contribution in [3.05, 3.63) is 75.0 Å². The molecule has 138 valence electrons. The summed E-state index contributed by atoms with van der Waals surface area (Å²) in [5.41, 5.74) is 0.997. The number of amides is 1. The number of allylic oxidation sites excluding steroid dienone is 1. The molecular weight excluding hydrogens is 450 g/mol. The molecule has 3 aromatic rings. The van der Waals surface area contributed by atoms with E-state index in [1.807, 2.05) is 18.2 Å². The van der Waals surface area contributed by atoms with Gasteiger partial charge in [-0.05, 0) is 46.3 Å². The summed E-state index contributed by atoms with van der Waals surface area (Å²) >= 11 is 10.6. The van der Waals surface area contributed by atoms with Crippen LogP contribution in [-0.4, -0.2) is 21.2 Å². The van der Waals surface area contributed by atoms with Crippen molar-refractivity contribution in [2.75, 3.05) is 11.1 Å². The van der Waals surface area contributed by atoms with Crippen molar-refractivity contribution in [3.63, 3.8) is 0 Å². The molecule has 0 atom stereocenters. The van der Waals surface area contributed by atoms with Gasteiger partial charge in [0.1, 0.15) is 0 Å². The van der Waals surface area contributed by atoms with Crippen molar-refractivity contribution in [1.29, 1.82) is 0 Å². The first kappa shape index (κ1) is 19.7. The molecule has 0 fully saturated rings. The van der Waals surface area contributed by atoms with E-state index in [0.717, 1.165) is 4.47 Å². The summed E-state index contributed by atoms with van der Waals surface area (Å²) in [6.07, 6.45) is 1.62. The predicted molar refractivity (Wildman–Crippen MR) is 115 cm³/mol. The van der Waals surface area contributed by atoms with Crippen LogP contribution >= 0.6 is 39.3 Å². The Bertz CT molecular complexity index is 1080. The normalized spacial score (nSPS) is 10.7. The summed E-state index contributed by atoms with van der Waals surface area (Å²) in [6.45, 7) is 3.99. The number of carbonyl (C=O) groups is 1. The number of benzene rings is 2. The van der Waals surface area contributed by atoms with E-state index < -0.39 is 0 Å². The zero-order valence-corrected chi connectivity index (χ0v) is 17.3. The van der Waals surface area contributed by atoms with E-state index in [2.05, 4.69) is 32.8 Å². The van der Waals surface area contributed by atoms with Gasteiger partial charge < -0.3 is 5.32 Å². The van der Waals surface area contributed by atoms with Crippen LogP contribution in [0, 0.1) is 0 Å². The van der Waals surface area contributed by atoms with Crippen LogP contribution in [-0.2, 0) is 11.3 Å². The molecule has 1 amide bonds. The number of nitrogens with one attached hydrogen (secondary N) is 1. The highest BCUT2D eigenvalue weighted by Gasteiger charge is 2.13. The molecule has 0 aliphatic carbocycles. The fourth-order valence-corrected chi connectivity index (χ4v) is 3.81. The number of aromatic nitrogens is 2. The van der Waals surface area contributed by atoms with Gasteiger partial charge in [-0.25, -0.2) is 4.98 Å². The van der Waals surface area contributed by atoms with Crippen LogP contribution in [0.25, 0.3) is 10.9 Å². The van der Waals surface area contributed by atoms with Crippen LogP contribution in [0.5, 0.6) is 0 Å². The average molecular weight is 465 g/mol. The van der Waals surface area contributed by atoms with Crippen molar-refractivity contribution < 1.29 is 4.79 Å². The fourth-order valence-electron chi connectivity index (χ4n) is 2.45. The van der Waals surface area contributed by atoms with E-state index in [1.165, 1.54) is 16.3 Å². The van der Waals surface area contributed by atoms with E-state index in [9.17, 15) is 9.59 Å². The maximum absolute atomic E-state index is 12.7. The lowest BCUT2D eigenvalue weighted by Gasteiger charge is -2.12. The highest BCUT2D eigenvalue weighted by atomic mass is 79.9. The minimum absolute atomic E-state index is 0.108. The third kappa shape index (κ3) is 4.61. The first-order chi connectivity index (χ1) is 13.0. The van der Waals surface area contributed by atoms with Crippen LogP contribution in [0.4, 0.5) is 5.69 Å². The quantitative estimate of drug-likeness (QED) is 0.325. The summed E-state index contributed by atoms with van der Waals surface area (Å²) in [6, 6.07) is 12.3. The third-order valence-electron chi connectivity index (χ3n) is 3.67. The van der Waals surface area contributed by atoms with Crippen molar-refractivity contribution >= 4 is 61.8 Å². The predicted octanol–water partition coefficient (Wildman–Crippen LogP) is 4.73. The highest BCUT2D eigenvalue weighted by molar-refractivity contribution is 9.10. The number of fused-ring (bicyclic) bond motifs is 1. The molecule has 0 saturated heterocycles. The molecule has 8 heteroatoms. The Labute approximate surface area is 173 Å². The second-order valence-corrected chi connectivity index (χ2v) is 7.81. The molecule has 0 aliphatic rings. The van der Waals surface area contributed by atoms with Crippen LogP contribution in [0.2, 0.25) is 5.02 Å². The van der Waals surface area contributed by atoms with Crippen molar-refractivity contribution in [1.82, 2.24) is 9.55 Å². The van der Waals surface area contributed by atoms with Crippen molar-refractivity contribution in [3.8, 4) is 0 Å². The number of nitrogens with zero attached hydrogens (tertiary/aromatic N) is 2. The van der Waals surface area contributed by atoms with Gasteiger partial charge in [-0.1, -0.05) is 41.6 Å². The van der Waals surface area contributed by atoms with Gasteiger partial charge in [-0.2, -0.15) is 0 Å². The molecule has 1 heterocycles. The van der Waals surface area contributed by atoms with E-state index in [-0.39, 0.29) is 17.2 Å². The summed E-state index contributed by atoms with van der Waals surface area (Å²) < 4.78 is 2.30. The van der Waals surface area contributed by atoms with Gasteiger partial charge in [0.15, 0.2) is 5.16 Å². The molecular formula is C19H15BrClN3O2S. The van der Waals surface area contributed by atoms with Crippen molar-refractivity contribution in [2.24, 2.45) is 0 Å². The van der Waals surface area contributed by atoms with Gasteiger partial charge in [0.05, 0.1) is 22.3 Å². The second kappa shape index (κ2) is 8.73. The monoisotopic (exact) mass is 463 g/mol. The lowest BCUT2D eigenvalue weighted by Crippen LogP contribution is -2.23. The Kier molecular flexibility index (Phi) is 6.36. The average Bonchev–Trinajstić information content (AvgIpc) is 2.64. The molecule has 0 bridgehead atoms. The topological polar surface area (TPSA) is 64.0 Å². The van der Waals surface area contributed by atoms with Gasteiger partial charge in [0.25, 0.3) is 5.56 Å². The van der Waals surface area contributed by atoms with Gasteiger partial charge in [0.2, 0.25) is 5.91 Å². The summed E-state index contributed by atoms with van der Waals surface area (Å²) in [7, 11) is 0. The van der Waals surface area contributed by atoms with E-state index >= 15 is 0 Å². The largest absolute Gasteiger partial charge is 0.324 e. The van der Waals surface area contributed by atoms with Crippen LogP contribution in [0.15, 0.2) is 69.5 Å². The molecule has 1 aromatic heterocycles. The summed E-state index contributed by atoms with van der Waals surface area (Å²) in [5.74, 6) is -0.0886. The van der Waals surface area contributed by atoms with Crippen LogP contribution < -0.4 is 10.9 Å². The summed E-state index contributed by atoms with van der Waals surface area (Å²) in [4.78, 5) is 29.6. The number of hydrogen-bond acceptors (Lipinski definition) is 4. The van der Waals surface area contributed by atoms with Crippen LogP contribution in [0.1, 0.15) is 0 Å². The van der Waals surface area contributed by atoms with Gasteiger partial charge in [-0.15, -0.1) is 6.58 Å². The SMILES string of the molecule is C=CCn1c(SCC(=O)Nc2ccccc2Br)nc2cc(Cl)ccc2c1=O. The van der Waals surface area contributed by atoms with Gasteiger partial charge >= 0.3 is 0 Å². The molecule has 2 aromatic carbocycles. The molecule has 0 aliphatic heterocycles. The Hall–Kier alpha value is -2.09. The second-order valence-electron chi connectivity index (χ2n) is 5.58. The number of anilines is 1. The molecule has 1 N–H and O–H groups in total. The van der Waals surface area contributed by atoms with Crippen LogP contribution in [0.3, 0.4) is 0 Å². The van der Waals surface area contributed by atoms with Crippen molar-refractivity contribution in [2.45, 2.75) is 11.7 Å². The number of halogens is 2. The highest BCUT2D eigenvalue weighted by Crippen LogP contribution is 2.23. The summed E-state index contributed by atoms with van der Waals surface area (Å²) in [5, 5.41) is 4.25. The maximum Gasteiger partial charge on any atom is 0.262 e. The minimum atomic E-state index is -0.197. The molecule has 3 rings (SSSR count). The lowest BCUT2D eigenvalue weighted by atomic mass is 10.2. The third-order valence-corrected chi connectivity index (χ3v) is 5.58. The number of carbonyl (C=O) groups excluding carboxylic acids is 1. The molecule has 5 nitrogen and oxygen atoms in total. The smallest absolute Gasteiger partial charge is 0.262 e. The molecule has 27 heavy (non-hydrogen) atoms. The van der Waals surface area contributed by atoms with Gasteiger partial charge in [-0.3, -0.25) is 14.2 Å². The zero-order chi connectivity index (χ0) is 19.4. The Morgan fingerprint density at radius 3 is 2.85 bits per heavy atom. The zero-order valence-electron chi connectivity index (χ0n) is 14.1. The molecule has 0 unspecified atom stereocenters. The van der Waals surface area contributed by atoms with E-state index in [0.29, 0.717) is 33.3 Å².